The molecule has 0 saturated heterocycles. The van der Waals surface area contributed by atoms with Crippen LogP contribution < -0.4 is 5.32 Å². The highest BCUT2D eigenvalue weighted by atomic mass is 79.9. The highest BCUT2D eigenvalue weighted by molar-refractivity contribution is 9.10. The van der Waals surface area contributed by atoms with Gasteiger partial charge in [-0.2, -0.15) is 5.26 Å². The minimum absolute atomic E-state index is 0.340. The van der Waals surface area contributed by atoms with E-state index in [1.165, 1.54) is 12.1 Å². The lowest BCUT2D eigenvalue weighted by atomic mass is 10.1. The van der Waals surface area contributed by atoms with E-state index in [9.17, 15) is 9.18 Å². The van der Waals surface area contributed by atoms with Gasteiger partial charge in [-0.1, -0.05) is 0 Å². The quantitative estimate of drug-likeness (QED) is 0.907. The van der Waals surface area contributed by atoms with E-state index < -0.39 is 11.2 Å². The van der Waals surface area contributed by atoms with Crippen LogP contribution in [0.25, 0.3) is 0 Å². The number of nitriles is 1. The molecule has 82 valence electrons. The molecule has 1 aliphatic rings. The van der Waals surface area contributed by atoms with Crippen LogP contribution in [0.3, 0.4) is 0 Å². The standard InChI is InChI=1S/C11H8BrFN2O/c12-8-2-1-7(5-9(8)13)15-10(16)11(6-14)3-4-11/h1-2,5H,3-4H2,(H,15,16). The Morgan fingerprint density at radius 3 is 2.75 bits per heavy atom. The van der Waals surface area contributed by atoms with E-state index in [-0.39, 0.29) is 5.91 Å². The van der Waals surface area contributed by atoms with Crippen molar-refractivity contribution < 1.29 is 9.18 Å². The fourth-order valence-electron chi connectivity index (χ4n) is 1.34. The first-order valence-corrected chi connectivity index (χ1v) is 5.54. The third-order valence-corrected chi connectivity index (χ3v) is 3.22. The van der Waals surface area contributed by atoms with E-state index in [1.807, 2.05) is 6.07 Å². The largest absolute Gasteiger partial charge is 0.325 e. The van der Waals surface area contributed by atoms with Gasteiger partial charge in [-0.25, -0.2) is 4.39 Å². The number of nitrogens with one attached hydrogen (secondary N) is 1. The molecule has 5 heteroatoms. The zero-order valence-corrected chi connectivity index (χ0v) is 9.84. The number of halogens is 2. The van der Waals surface area contributed by atoms with E-state index in [4.69, 9.17) is 5.26 Å². The Morgan fingerprint density at radius 2 is 2.25 bits per heavy atom. The van der Waals surface area contributed by atoms with Gasteiger partial charge in [-0.05, 0) is 47.0 Å². The summed E-state index contributed by atoms with van der Waals surface area (Å²) in [4.78, 5) is 11.7. The van der Waals surface area contributed by atoms with Crippen molar-refractivity contribution in [2.75, 3.05) is 5.32 Å². The van der Waals surface area contributed by atoms with Crippen LogP contribution in [-0.4, -0.2) is 5.91 Å². The fourth-order valence-corrected chi connectivity index (χ4v) is 1.59. The van der Waals surface area contributed by atoms with E-state index in [1.54, 1.807) is 6.07 Å². The normalized spacial score (nSPS) is 16.3. The van der Waals surface area contributed by atoms with Gasteiger partial charge in [0.25, 0.3) is 0 Å². The van der Waals surface area contributed by atoms with Crippen LogP contribution in [0.1, 0.15) is 12.8 Å². The Bertz CT molecular complexity index is 491. The van der Waals surface area contributed by atoms with Gasteiger partial charge in [0, 0.05) is 5.69 Å². The topological polar surface area (TPSA) is 52.9 Å². The molecule has 0 aliphatic heterocycles. The number of anilines is 1. The number of carbonyl (C=O) groups is 1. The molecule has 1 aromatic carbocycles. The third kappa shape index (κ3) is 1.93. The molecule has 0 aromatic heterocycles. The summed E-state index contributed by atoms with van der Waals surface area (Å²) < 4.78 is 13.5. The van der Waals surface area contributed by atoms with Crippen molar-refractivity contribution in [3.63, 3.8) is 0 Å². The van der Waals surface area contributed by atoms with Crippen molar-refractivity contribution in [1.29, 1.82) is 5.26 Å². The second kappa shape index (κ2) is 3.87. The summed E-state index contributed by atoms with van der Waals surface area (Å²) in [6.07, 6.45) is 1.16. The molecule has 1 fully saturated rings. The summed E-state index contributed by atoms with van der Waals surface area (Å²) in [5.41, 5.74) is -0.518. The zero-order chi connectivity index (χ0) is 11.8. The molecule has 0 spiro atoms. The number of amides is 1. The molecule has 2 rings (SSSR count). The first-order chi connectivity index (χ1) is 7.57. The molecule has 1 N–H and O–H groups in total. The molecular weight excluding hydrogens is 275 g/mol. The Kier molecular flexibility index (Phi) is 2.68. The highest BCUT2D eigenvalue weighted by Crippen LogP contribution is 2.45. The van der Waals surface area contributed by atoms with Gasteiger partial charge in [0.05, 0.1) is 10.5 Å². The van der Waals surface area contributed by atoms with Crippen LogP contribution >= 0.6 is 15.9 Å². The SMILES string of the molecule is N#CC1(C(=O)Nc2ccc(Br)c(F)c2)CC1. The minimum Gasteiger partial charge on any atom is -0.325 e. The van der Waals surface area contributed by atoms with E-state index in [2.05, 4.69) is 21.2 Å². The molecule has 16 heavy (non-hydrogen) atoms. The molecule has 1 aromatic rings. The summed E-state index contributed by atoms with van der Waals surface area (Å²) in [6.45, 7) is 0. The Hall–Kier alpha value is -1.41. The van der Waals surface area contributed by atoms with Crippen molar-refractivity contribution >= 4 is 27.5 Å². The van der Waals surface area contributed by atoms with Crippen LogP contribution in [0.5, 0.6) is 0 Å². The second-order valence-electron chi connectivity index (χ2n) is 3.78. The van der Waals surface area contributed by atoms with Gasteiger partial charge in [0.1, 0.15) is 11.2 Å². The summed E-state index contributed by atoms with van der Waals surface area (Å²) in [6, 6.07) is 6.29. The predicted molar refractivity (Wildman–Crippen MR) is 60.0 cm³/mol. The Balaban J connectivity index is 2.13. The maximum Gasteiger partial charge on any atom is 0.244 e. The third-order valence-electron chi connectivity index (χ3n) is 2.58. The van der Waals surface area contributed by atoms with Crippen LogP contribution in [0.15, 0.2) is 22.7 Å². The maximum absolute atomic E-state index is 13.2. The van der Waals surface area contributed by atoms with Gasteiger partial charge in [0.15, 0.2) is 0 Å². The monoisotopic (exact) mass is 282 g/mol. The maximum atomic E-state index is 13.2. The van der Waals surface area contributed by atoms with Gasteiger partial charge < -0.3 is 5.32 Å². The minimum atomic E-state index is -0.885. The lowest BCUT2D eigenvalue weighted by Gasteiger charge is -2.08. The number of hydrogen-bond acceptors (Lipinski definition) is 2. The average molecular weight is 283 g/mol. The van der Waals surface area contributed by atoms with Crippen LogP contribution in [0.2, 0.25) is 0 Å². The predicted octanol–water partition coefficient (Wildman–Crippen LogP) is 2.83. The van der Waals surface area contributed by atoms with Crippen LogP contribution in [0.4, 0.5) is 10.1 Å². The van der Waals surface area contributed by atoms with Gasteiger partial charge >= 0.3 is 0 Å². The molecule has 0 heterocycles. The van der Waals surface area contributed by atoms with Gasteiger partial charge in [0.2, 0.25) is 5.91 Å². The van der Waals surface area contributed by atoms with E-state index in [0.717, 1.165) is 0 Å². The van der Waals surface area contributed by atoms with Crippen molar-refractivity contribution in [3.05, 3.63) is 28.5 Å². The molecule has 0 atom stereocenters. The second-order valence-corrected chi connectivity index (χ2v) is 4.63. The summed E-state index contributed by atoms with van der Waals surface area (Å²) >= 11 is 3.02. The number of benzene rings is 1. The van der Waals surface area contributed by atoms with E-state index in [0.29, 0.717) is 23.0 Å². The molecule has 0 unspecified atom stereocenters. The smallest absolute Gasteiger partial charge is 0.244 e. The summed E-state index contributed by atoms with van der Waals surface area (Å²) in [5.74, 6) is -0.795. The first kappa shape index (κ1) is 11.1. The number of hydrogen-bond donors (Lipinski definition) is 1. The van der Waals surface area contributed by atoms with Crippen molar-refractivity contribution in [2.45, 2.75) is 12.8 Å². The van der Waals surface area contributed by atoms with Crippen molar-refractivity contribution in [3.8, 4) is 6.07 Å². The Morgan fingerprint density at radius 1 is 1.56 bits per heavy atom. The molecule has 1 saturated carbocycles. The molecule has 1 amide bonds. The molecule has 0 bridgehead atoms. The number of nitrogens with zero attached hydrogens (tertiary/aromatic N) is 1. The van der Waals surface area contributed by atoms with Crippen LogP contribution in [0, 0.1) is 22.6 Å². The highest BCUT2D eigenvalue weighted by Gasteiger charge is 2.50. The lowest BCUT2D eigenvalue weighted by molar-refractivity contribution is -0.119. The van der Waals surface area contributed by atoms with Crippen molar-refractivity contribution in [2.24, 2.45) is 5.41 Å². The number of carbonyl (C=O) groups excluding carboxylic acids is 1. The van der Waals surface area contributed by atoms with Gasteiger partial charge in [-0.15, -0.1) is 0 Å². The Labute approximate surface area is 100 Å². The summed E-state index contributed by atoms with van der Waals surface area (Å²) in [7, 11) is 0. The number of rotatable bonds is 2. The molecule has 3 nitrogen and oxygen atoms in total. The van der Waals surface area contributed by atoms with Crippen molar-refractivity contribution in [1.82, 2.24) is 0 Å². The first-order valence-electron chi connectivity index (χ1n) is 4.75. The summed E-state index contributed by atoms with van der Waals surface area (Å²) in [5, 5.41) is 11.4. The average Bonchev–Trinajstić information content (AvgIpc) is 3.04. The van der Waals surface area contributed by atoms with Crippen LogP contribution in [-0.2, 0) is 4.79 Å². The molecule has 0 radical (unpaired) electrons. The fraction of sp³-hybridized carbons (Fsp3) is 0.273. The molecular formula is C11H8BrFN2O. The lowest BCUT2D eigenvalue weighted by Crippen LogP contribution is -2.22. The zero-order valence-electron chi connectivity index (χ0n) is 8.26. The van der Waals surface area contributed by atoms with E-state index >= 15 is 0 Å². The van der Waals surface area contributed by atoms with Gasteiger partial charge in [-0.3, -0.25) is 4.79 Å². The molecule has 1 aliphatic carbocycles.